The number of aromatic carboxylic acids is 1. The van der Waals surface area contributed by atoms with Crippen molar-refractivity contribution in [1.29, 1.82) is 0 Å². The minimum Gasteiger partial charge on any atom is -0.475 e. The molecule has 0 saturated heterocycles. The number of fused-ring (bicyclic) bond motifs is 1. The van der Waals surface area contributed by atoms with Gasteiger partial charge in [0, 0.05) is 23.2 Å². The first-order chi connectivity index (χ1) is 10.2. The third kappa shape index (κ3) is 2.48. The molecular formula is C17H15NO3. The fourth-order valence-electron chi connectivity index (χ4n) is 2.40. The Hall–Kier alpha value is -2.75. The van der Waals surface area contributed by atoms with Crippen LogP contribution in [0.15, 0.2) is 52.9 Å². The topological polar surface area (TPSA) is 62.5 Å². The molecule has 2 N–H and O–H groups in total. The van der Waals surface area contributed by atoms with E-state index >= 15 is 0 Å². The third-order valence-electron chi connectivity index (χ3n) is 3.49. The van der Waals surface area contributed by atoms with Crippen LogP contribution in [-0.2, 0) is 6.54 Å². The molecule has 0 unspecified atom stereocenters. The molecule has 3 aromatic rings. The quantitative estimate of drug-likeness (QED) is 0.757. The highest BCUT2D eigenvalue weighted by Gasteiger charge is 2.19. The number of anilines is 1. The van der Waals surface area contributed by atoms with E-state index in [0.717, 1.165) is 16.6 Å². The summed E-state index contributed by atoms with van der Waals surface area (Å²) in [4.78, 5) is 11.3. The van der Waals surface area contributed by atoms with E-state index in [1.54, 1.807) is 6.07 Å². The smallest absolute Gasteiger partial charge is 0.372 e. The Labute approximate surface area is 122 Å². The molecule has 0 amide bonds. The number of aryl methyl sites for hydroxylation is 1. The van der Waals surface area contributed by atoms with Crippen molar-refractivity contribution in [3.63, 3.8) is 0 Å². The van der Waals surface area contributed by atoms with Crippen LogP contribution in [0.25, 0.3) is 11.0 Å². The zero-order chi connectivity index (χ0) is 14.8. The van der Waals surface area contributed by atoms with E-state index in [0.29, 0.717) is 17.7 Å². The van der Waals surface area contributed by atoms with Crippen molar-refractivity contribution >= 4 is 22.6 Å². The van der Waals surface area contributed by atoms with E-state index in [4.69, 9.17) is 4.42 Å². The second-order valence-corrected chi connectivity index (χ2v) is 4.88. The summed E-state index contributed by atoms with van der Waals surface area (Å²) in [5, 5.41) is 13.4. The summed E-state index contributed by atoms with van der Waals surface area (Å²) in [6.45, 7) is 2.41. The van der Waals surface area contributed by atoms with Crippen LogP contribution >= 0.6 is 0 Å². The lowest BCUT2D eigenvalue weighted by molar-refractivity contribution is 0.0663. The number of para-hydroxylation sites is 2. The van der Waals surface area contributed by atoms with Gasteiger partial charge in [0.25, 0.3) is 0 Å². The zero-order valence-electron chi connectivity index (χ0n) is 11.6. The monoisotopic (exact) mass is 281 g/mol. The molecule has 2 aromatic carbocycles. The van der Waals surface area contributed by atoms with Gasteiger partial charge >= 0.3 is 5.97 Å². The summed E-state index contributed by atoms with van der Waals surface area (Å²) in [5.41, 5.74) is 3.36. The Morgan fingerprint density at radius 3 is 2.62 bits per heavy atom. The summed E-state index contributed by atoms with van der Waals surface area (Å²) < 4.78 is 5.44. The Balaban J connectivity index is 1.98. The molecule has 0 aliphatic rings. The Kier molecular flexibility index (Phi) is 3.36. The molecule has 1 aromatic heterocycles. The number of furan rings is 1. The van der Waals surface area contributed by atoms with Gasteiger partial charge in [0.15, 0.2) is 0 Å². The molecule has 0 aliphatic carbocycles. The van der Waals surface area contributed by atoms with Crippen LogP contribution in [0.2, 0.25) is 0 Å². The van der Waals surface area contributed by atoms with Crippen LogP contribution in [-0.4, -0.2) is 11.1 Å². The lowest BCUT2D eigenvalue weighted by Crippen LogP contribution is -2.05. The minimum absolute atomic E-state index is 0.00251. The molecule has 3 rings (SSSR count). The SMILES string of the molecule is Cc1ccccc1NCc1c(C(=O)O)oc2ccccc12. The molecule has 0 radical (unpaired) electrons. The number of carboxylic acid groups (broad SMARTS) is 1. The van der Waals surface area contributed by atoms with Crippen molar-refractivity contribution < 1.29 is 14.3 Å². The van der Waals surface area contributed by atoms with Gasteiger partial charge in [-0.05, 0) is 24.6 Å². The van der Waals surface area contributed by atoms with Crippen LogP contribution < -0.4 is 5.32 Å². The van der Waals surface area contributed by atoms with E-state index in [-0.39, 0.29) is 5.76 Å². The molecule has 4 heteroatoms. The predicted octanol–water partition coefficient (Wildman–Crippen LogP) is 4.05. The first-order valence-corrected chi connectivity index (χ1v) is 6.70. The number of carbonyl (C=O) groups is 1. The number of carboxylic acids is 1. The Morgan fingerprint density at radius 2 is 1.86 bits per heavy atom. The number of hydrogen-bond acceptors (Lipinski definition) is 3. The van der Waals surface area contributed by atoms with Gasteiger partial charge in [0.1, 0.15) is 5.58 Å². The number of hydrogen-bond donors (Lipinski definition) is 2. The van der Waals surface area contributed by atoms with Gasteiger partial charge in [-0.1, -0.05) is 36.4 Å². The molecule has 0 saturated carbocycles. The van der Waals surface area contributed by atoms with Crippen molar-refractivity contribution in [3.05, 3.63) is 65.4 Å². The van der Waals surface area contributed by atoms with Crippen molar-refractivity contribution in [2.45, 2.75) is 13.5 Å². The molecule has 0 fully saturated rings. The maximum absolute atomic E-state index is 11.3. The zero-order valence-corrected chi connectivity index (χ0v) is 11.6. The van der Waals surface area contributed by atoms with Gasteiger partial charge in [0.2, 0.25) is 5.76 Å². The van der Waals surface area contributed by atoms with Crippen LogP contribution in [0.5, 0.6) is 0 Å². The second kappa shape index (κ2) is 5.32. The van der Waals surface area contributed by atoms with E-state index in [2.05, 4.69) is 5.32 Å². The highest BCUT2D eigenvalue weighted by atomic mass is 16.4. The average Bonchev–Trinajstić information content (AvgIpc) is 2.85. The van der Waals surface area contributed by atoms with Gasteiger partial charge in [-0.15, -0.1) is 0 Å². The average molecular weight is 281 g/mol. The molecule has 0 atom stereocenters. The summed E-state index contributed by atoms with van der Waals surface area (Å²) in [6, 6.07) is 15.2. The second-order valence-electron chi connectivity index (χ2n) is 4.88. The van der Waals surface area contributed by atoms with Gasteiger partial charge < -0.3 is 14.8 Å². The number of nitrogens with one attached hydrogen (secondary N) is 1. The molecule has 0 bridgehead atoms. The van der Waals surface area contributed by atoms with Crippen molar-refractivity contribution in [1.82, 2.24) is 0 Å². The number of benzene rings is 2. The van der Waals surface area contributed by atoms with Crippen molar-refractivity contribution in [2.24, 2.45) is 0 Å². The fraction of sp³-hybridized carbons (Fsp3) is 0.118. The fourth-order valence-corrected chi connectivity index (χ4v) is 2.40. The van der Waals surface area contributed by atoms with Crippen LogP contribution in [0.4, 0.5) is 5.69 Å². The normalized spacial score (nSPS) is 10.7. The number of rotatable bonds is 4. The summed E-state index contributed by atoms with van der Waals surface area (Å²) in [7, 11) is 0. The molecule has 0 aliphatic heterocycles. The Bertz CT molecular complexity index is 805. The molecular weight excluding hydrogens is 266 g/mol. The summed E-state index contributed by atoms with van der Waals surface area (Å²) in [6.07, 6.45) is 0. The van der Waals surface area contributed by atoms with Gasteiger partial charge in [-0.2, -0.15) is 0 Å². The predicted molar refractivity (Wildman–Crippen MR) is 81.7 cm³/mol. The van der Waals surface area contributed by atoms with Crippen molar-refractivity contribution in [2.75, 3.05) is 5.32 Å². The third-order valence-corrected chi connectivity index (χ3v) is 3.49. The summed E-state index contributed by atoms with van der Waals surface area (Å²) >= 11 is 0. The standard InChI is InChI=1S/C17H15NO3/c1-11-6-2-4-8-14(11)18-10-13-12-7-3-5-9-15(12)21-16(13)17(19)20/h2-9,18H,10H2,1H3,(H,19,20). The lowest BCUT2D eigenvalue weighted by Gasteiger charge is -2.08. The Morgan fingerprint density at radius 1 is 1.14 bits per heavy atom. The highest BCUT2D eigenvalue weighted by Crippen LogP contribution is 2.27. The first-order valence-electron chi connectivity index (χ1n) is 6.70. The van der Waals surface area contributed by atoms with Crippen molar-refractivity contribution in [3.8, 4) is 0 Å². The van der Waals surface area contributed by atoms with Crippen LogP contribution in [0, 0.1) is 6.92 Å². The van der Waals surface area contributed by atoms with E-state index in [1.807, 2.05) is 49.4 Å². The van der Waals surface area contributed by atoms with E-state index in [9.17, 15) is 9.90 Å². The molecule has 0 spiro atoms. The van der Waals surface area contributed by atoms with Crippen LogP contribution in [0.3, 0.4) is 0 Å². The maximum Gasteiger partial charge on any atom is 0.372 e. The maximum atomic E-state index is 11.3. The highest BCUT2D eigenvalue weighted by molar-refractivity contribution is 5.95. The van der Waals surface area contributed by atoms with Crippen LogP contribution in [0.1, 0.15) is 21.7 Å². The minimum atomic E-state index is -1.05. The first kappa shape index (κ1) is 13.2. The molecule has 1 heterocycles. The molecule has 21 heavy (non-hydrogen) atoms. The van der Waals surface area contributed by atoms with Gasteiger partial charge in [-0.25, -0.2) is 4.79 Å². The summed E-state index contributed by atoms with van der Waals surface area (Å²) in [5.74, 6) is -1.05. The molecule has 106 valence electrons. The van der Waals surface area contributed by atoms with Gasteiger partial charge in [0.05, 0.1) is 0 Å². The molecule has 4 nitrogen and oxygen atoms in total. The lowest BCUT2D eigenvalue weighted by atomic mass is 10.1. The van der Waals surface area contributed by atoms with E-state index < -0.39 is 5.97 Å². The van der Waals surface area contributed by atoms with E-state index in [1.165, 1.54) is 0 Å². The largest absolute Gasteiger partial charge is 0.475 e. The van der Waals surface area contributed by atoms with Gasteiger partial charge in [-0.3, -0.25) is 0 Å².